The maximum atomic E-state index is 9.93. The molecular weight excluding hydrogens is 244 g/mol. The van der Waals surface area contributed by atoms with Crippen LogP contribution in [0.5, 0.6) is 17.2 Å². The number of rotatable bonds is 4. The lowest BCUT2D eigenvalue weighted by Crippen LogP contribution is -2.38. The van der Waals surface area contributed by atoms with Crippen molar-refractivity contribution in [1.29, 1.82) is 0 Å². The molecule has 0 aliphatic carbocycles. The van der Waals surface area contributed by atoms with E-state index in [1.807, 2.05) is 13.0 Å². The van der Waals surface area contributed by atoms with Gasteiger partial charge in [-0.3, -0.25) is 0 Å². The monoisotopic (exact) mass is 266 g/mol. The van der Waals surface area contributed by atoms with Gasteiger partial charge in [-0.1, -0.05) is 13.3 Å². The molecule has 0 saturated carbocycles. The zero-order chi connectivity index (χ0) is 13.9. The Morgan fingerprint density at radius 2 is 1.95 bits per heavy atom. The summed E-state index contributed by atoms with van der Waals surface area (Å²) in [7, 11) is 0. The Morgan fingerprint density at radius 1 is 1.26 bits per heavy atom. The molecule has 0 amide bonds. The maximum Gasteiger partial charge on any atom is 0.200 e. The summed E-state index contributed by atoms with van der Waals surface area (Å²) in [6.07, 6.45) is 3.40. The van der Waals surface area contributed by atoms with Crippen molar-refractivity contribution in [3.63, 3.8) is 0 Å². The van der Waals surface area contributed by atoms with Gasteiger partial charge in [0.1, 0.15) is 5.60 Å². The Bertz CT molecular complexity index is 436. The third kappa shape index (κ3) is 3.32. The fourth-order valence-electron chi connectivity index (χ4n) is 2.33. The van der Waals surface area contributed by atoms with Gasteiger partial charge in [-0.2, -0.15) is 0 Å². The van der Waals surface area contributed by atoms with Crippen molar-refractivity contribution in [1.82, 2.24) is 0 Å². The summed E-state index contributed by atoms with van der Waals surface area (Å²) in [5.74, 6) is 0.0806. The second kappa shape index (κ2) is 5.70. The molecule has 0 atom stereocenters. The normalized spacial score (nSPS) is 18.2. The number of phenols is 2. The third-order valence-electron chi connectivity index (χ3n) is 3.56. The molecule has 1 saturated heterocycles. The standard InChI is InChI=1S/C15H22O4/c1-3-4-11-9-12(16)14(17)13(10-11)19-15(2)5-7-18-8-6-15/h9-10,16-17H,3-8H2,1-2H3. The Kier molecular flexibility index (Phi) is 4.20. The maximum absolute atomic E-state index is 9.93. The molecule has 4 heteroatoms. The van der Waals surface area contributed by atoms with Gasteiger partial charge < -0.3 is 19.7 Å². The van der Waals surface area contributed by atoms with Crippen molar-refractivity contribution < 1.29 is 19.7 Å². The summed E-state index contributed by atoms with van der Waals surface area (Å²) in [6, 6.07) is 3.41. The minimum Gasteiger partial charge on any atom is -0.504 e. The van der Waals surface area contributed by atoms with Gasteiger partial charge in [0.2, 0.25) is 5.75 Å². The summed E-state index contributed by atoms with van der Waals surface area (Å²) in [5.41, 5.74) is 0.635. The van der Waals surface area contributed by atoms with E-state index in [2.05, 4.69) is 6.92 Å². The molecule has 1 aromatic rings. The molecule has 0 spiro atoms. The number of aryl methyl sites for hydroxylation is 1. The SMILES string of the molecule is CCCc1cc(O)c(O)c(OC2(C)CCOCC2)c1. The molecule has 1 heterocycles. The molecule has 2 rings (SSSR count). The van der Waals surface area contributed by atoms with Crippen LogP contribution in [0.3, 0.4) is 0 Å². The summed E-state index contributed by atoms with van der Waals surface area (Å²) in [4.78, 5) is 0. The number of benzene rings is 1. The molecule has 106 valence electrons. The van der Waals surface area contributed by atoms with E-state index in [1.54, 1.807) is 6.07 Å². The zero-order valence-electron chi connectivity index (χ0n) is 11.6. The van der Waals surface area contributed by atoms with E-state index in [0.29, 0.717) is 19.0 Å². The van der Waals surface area contributed by atoms with Crippen LogP contribution in [0.2, 0.25) is 0 Å². The zero-order valence-corrected chi connectivity index (χ0v) is 11.6. The molecule has 0 aromatic heterocycles. The van der Waals surface area contributed by atoms with Crippen LogP contribution in [0.15, 0.2) is 12.1 Å². The van der Waals surface area contributed by atoms with Gasteiger partial charge in [0, 0.05) is 12.8 Å². The summed E-state index contributed by atoms with van der Waals surface area (Å²) in [6.45, 7) is 5.42. The Balaban J connectivity index is 2.22. The molecule has 1 fully saturated rings. The molecule has 2 N–H and O–H groups in total. The summed E-state index contributed by atoms with van der Waals surface area (Å²) >= 11 is 0. The first-order valence-electron chi connectivity index (χ1n) is 6.86. The van der Waals surface area contributed by atoms with E-state index < -0.39 is 0 Å². The van der Waals surface area contributed by atoms with Crippen molar-refractivity contribution >= 4 is 0 Å². The number of aromatic hydroxyl groups is 2. The lowest BCUT2D eigenvalue weighted by Gasteiger charge is -2.34. The fourth-order valence-corrected chi connectivity index (χ4v) is 2.33. The van der Waals surface area contributed by atoms with Crippen LogP contribution in [-0.4, -0.2) is 29.0 Å². The van der Waals surface area contributed by atoms with Crippen molar-refractivity contribution in [2.75, 3.05) is 13.2 Å². The molecule has 1 aliphatic heterocycles. The number of hydrogen-bond acceptors (Lipinski definition) is 4. The predicted molar refractivity (Wildman–Crippen MR) is 72.9 cm³/mol. The van der Waals surface area contributed by atoms with Crippen LogP contribution in [0, 0.1) is 0 Å². The van der Waals surface area contributed by atoms with E-state index in [9.17, 15) is 10.2 Å². The molecule has 1 aromatic carbocycles. The van der Waals surface area contributed by atoms with Crippen LogP contribution in [-0.2, 0) is 11.2 Å². The molecule has 0 unspecified atom stereocenters. The van der Waals surface area contributed by atoms with Crippen molar-refractivity contribution in [3.8, 4) is 17.2 Å². The first-order chi connectivity index (χ1) is 9.04. The van der Waals surface area contributed by atoms with Crippen LogP contribution in [0.1, 0.15) is 38.7 Å². The predicted octanol–water partition coefficient (Wildman–Crippen LogP) is 3.00. The second-order valence-corrected chi connectivity index (χ2v) is 5.38. The van der Waals surface area contributed by atoms with Crippen LogP contribution >= 0.6 is 0 Å². The van der Waals surface area contributed by atoms with Gasteiger partial charge in [-0.25, -0.2) is 0 Å². The average molecular weight is 266 g/mol. The molecule has 4 nitrogen and oxygen atoms in total. The molecule has 19 heavy (non-hydrogen) atoms. The molecular formula is C15H22O4. The molecule has 0 radical (unpaired) electrons. The second-order valence-electron chi connectivity index (χ2n) is 5.38. The highest BCUT2D eigenvalue weighted by molar-refractivity contribution is 5.52. The quantitative estimate of drug-likeness (QED) is 0.822. The highest BCUT2D eigenvalue weighted by Crippen LogP contribution is 2.40. The van der Waals surface area contributed by atoms with Crippen molar-refractivity contribution in [2.24, 2.45) is 0 Å². The summed E-state index contributed by atoms with van der Waals surface area (Å²) in [5, 5.41) is 19.7. The van der Waals surface area contributed by atoms with Crippen LogP contribution < -0.4 is 4.74 Å². The minimum absolute atomic E-state index is 0.114. The molecule has 0 bridgehead atoms. The van der Waals surface area contributed by atoms with E-state index in [1.165, 1.54) is 0 Å². The lowest BCUT2D eigenvalue weighted by molar-refractivity contribution is -0.0354. The largest absolute Gasteiger partial charge is 0.504 e. The lowest BCUT2D eigenvalue weighted by atomic mass is 9.96. The van der Waals surface area contributed by atoms with E-state index in [0.717, 1.165) is 31.2 Å². The number of hydrogen-bond donors (Lipinski definition) is 2. The van der Waals surface area contributed by atoms with Gasteiger partial charge in [0.05, 0.1) is 13.2 Å². The fraction of sp³-hybridized carbons (Fsp3) is 0.600. The van der Waals surface area contributed by atoms with Gasteiger partial charge in [0.15, 0.2) is 11.5 Å². The minimum atomic E-state index is -0.340. The van der Waals surface area contributed by atoms with Gasteiger partial charge in [0.25, 0.3) is 0 Å². The van der Waals surface area contributed by atoms with Crippen molar-refractivity contribution in [3.05, 3.63) is 17.7 Å². The van der Waals surface area contributed by atoms with Gasteiger partial charge >= 0.3 is 0 Å². The summed E-state index contributed by atoms with van der Waals surface area (Å²) < 4.78 is 11.3. The first kappa shape index (κ1) is 14.0. The smallest absolute Gasteiger partial charge is 0.200 e. The van der Waals surface area contributed by atoms with Gasteiger partial charge in [-0.05, 0) is 31.0 Å². The number of ether oxygens (including phenoxy) is 2. The van der Waals surface area contributed by atoms with E-state index in [4.69, 9.17) is 9.47 Å². The first-order valence-corrected chi connectivity index (χ1v) is 6.86. The number of phenolic OH excluding ortho intramolecular Hbond substituents is 2. The Morgan fingerprint density at radius 3 is 2.58 bits per heavy atom. The third-order valence-corrected chi connectivity index (χ3v) is 3.56. The highest BCUT2D eigenvalue weighted by Gasteiger charge is 2.30. The van der Waals surface area contributed by atoms with Crippen LogP contribution in [0.25, 0.3) is 0 Å². The Hall–Kier alpha value is -1.42. The highest BCUT2D eigenvalue weighted by atomic mass is 16.5. The molecule has 1 aliphatic rings. The van der Waals surface area contributed by atoms with Gasteiger partial charge in [-0.15, -0.1) is 0 Å². The average Bonchev–Trinajstić information content (AvgIpc) is 2.36. The Labute approximate surface area is 114 Å². The van der Waals surface area contributed by atoms with Crippen molar-refractivity contribution in [2.45, 2.75) is 45.1 Å². The van der Waals surface area contributed by atoms with Crippen LogP contribution in [0.4, 0.5) is 0 Å². The van der Waals surface area contributed by atoms with E-state index in [-0.39, 0.29) is 17.1 Å². The van der Waals surface area contributed by atoms with E-state index >= 15 is 0 Å². The topological polar surface area (TPSA) is 58.9 Å².